The fraction of sp³-hybridized carbons (Fsp3) is 0.200. The van der Waals surface area contributed by atoms with Gasteiger partial charge in [0.2, 0.25) is 11.7 Å². The molecule has 0 radical (unpaired) electrons. The van der Waals surface area contributed by atoms with E-state index in [2.05, 4.69) is 29.6 Å². The Kier molecular flexibility index (Phi) is 6.65. The summed E-state index contributed by atoms with van der Waals surface area (Å²) in [7, 11) is -1.60. The highest BCUT2D eigenvalue weighted by Crippen LogP contribution is 2.38. The highest BCUT2D eigenvalue weighted by Gasteiger charge is 2.25. The zero-order valence-electron chi connectivity index (χ0n) is 17.9. The molecule has 0 fully saturated rings. The maximum Gasteiger partial charge on any atom is 0.266 e. The molecule has 0 amide bonds. The van der Waals surface area contributed by atoms with Gasteiger partial charge in [0.15, 0.2) is 0 Å². The van der Waals surface area contributed by atoms with E-state index >= 15 is 0 Å². The number of nitrogens with zero attached hydrogens (tertiary/aromatic N) is 4. The van der Waals surface area contributed by atoms with E-state index in [1.54, 1.807) is 12.1 Å². The molecular weight excluding hydrogens is 491 g/mol. The normalized spacial score (nSPS) is 11.4. The molecule has 1 aromatic carbocycles. The van der Waals surface area contributed by atoms with Crippen molar-refractivity contribution >= 4 is 38.5 Å². The van der Waals surface area contributed by atoms with E-state index in [9.17, 15) is 12.8 Å². The summed E-state index contributed by atoms with van der Waals surface area (Å²) in [6, 6.07) is 3.14. The number of aromatic amines is 1. The van der Waals surface area contributed by atoms with Crippen LogP contribution < -0.4 is 18.9 Å². The summed E-state index contributed by atoms with van der Waals surface area (Å²) in [6.45, 7) is -1.05. The van der Waals surface area contributed by atoms with Gasteiger partial charge in [-0.15, -0.1) is 0 Å². The van der Waals surface area contributed by atoms with E-state index in [-0.39, 0.29) is 35.0 Å². The predicted molar refractivity (Wildman–Crippen MR) is 122 cm³/mol. The first-order chi connectivity index (χ1) is 16.4. The van der Waals surface area contributed by atoms with Crippen LogP contribution in [-0.2, 0) is 10.0 Å². The third-order valence-corrected chi connectivity index (χ3v) is 6.30. The summed E-state index contributed by atoms with van der Waals surface area (Å²) in [5.74, 6) is -0.651. The Bertz CT molecular complexity index is 1410. The molecule has 0 saturated carbocycles. The van der Waals surface area contributed by atoms with Crippen molar-refractivity contribution in [1.29, 1.82) is 0 Å². The van der Waals surface area contributed by atoms with Crippen LogP contribution in [0.1, 0.15) is 0 Å². The number of nitrogens with one attached hydrogen (secondary N) is 2. The number of fused-ring (bicyclic) bond motifs is 1. The Morgan fingerprint density at radius 2 is 1.88 bits per heavy atom. The Balaban J connectivity index is 1.76. The van der Waals surface area contributed by atoms with Gasteiger partial charge in [-0.25, -0.2) is 17.5 Å². The van der Waals surface area contributed by atoms with Crippen LogP contribution in [0.4, 0.5) is 10.3 Å². The summed E-state index contributed by atoms with van der Waals surface area (Å²) < 4.78 is 56.8. The molecule has 11 nitrogen and oxygen atoms in total. The third-order valence-electron chi connectivity index (χ3n) is 4.62. The van der Waals surface area contributed by atoms with E-state index in [4.69, 9.17) is 25.8 Å². The molecule has 3 heterocycles. The predicted octanol–water partition coefficient (Wildman–Crippen LogP) is 3.23. The fourth-order valence-corrected chi connectivity index (χ4v) is 4.59. The van der Waals surface area contributed by atoms with Gasteiger partial charge in [0.1, 0.15) is 18.2 Å². The van der Waals surface area contributed by atoms with Crippen LogP contribution in [0.2, 0.25) is 5.02 Å². The highest BCUT2D eigenvalue weighted by atomic mass is 35.5. The maximum absolute atomic E-state index is 13.2. The third kappa shape index (κ3) is 4.39. The zero-order valence-corrected chi connectivity index (χ0v) is 19.4. The monoisotopic (exact) mass is 508 g/mol. The van der Waals surface area contributed by atoms with Gasteiger partial charge in [-0.2, -0.15) is 9.97 Å². The minimum atomic E-state index is -4.19. The molecule has 0 unspecified atom stereocenters. The van der Waals surface area contributed by atoms with Gasteiger partial charge in [0.25, 0.3) is 21.8 Å². The summed E-state index contributed by atoms with van der Waals surface area (Å²) in [4.78, 5) is 19.2. The molecule has 3 aromatic heterocycles. The lowest BCUT2D eigenvalue weighted by Gasteiger charge is -2.14. The molecule has 4 rings (SSSR count). The van der Waals surface area contributed by atoms with E-state index in [1.807, 2.05) is 0 Å². The van der Waals surface area contributed by atoms with Crippen molar-refractivity contribution < 1.29 is 27.0 Å². The van der Waals surface area contributed by atoms with Gasteiger partial charge in [-0.05, 0) is 12.1 Å². The Morgan fingerprint density at radius 1 is 1.15 bits per heavy atom. The highest BCUT2D eigenvalue weighted by molar-refractivity contribution is 7.93. The number of halogens is 2. The number of benzene rings is 1. The van der Waals surface area contributed by atoms with Crippen molar-refractivity contribution in [1.82, 2.24) is 24.9 Å². The Morgan fingerprint density at radius 3 is 2.50 bits per heavy atom. The van der Waals surface area contributed by atoms with Gasteiger partial charge in [-0.1, -0.05) is 11.6 Å². The van der Waals surface area contributed by atoms with Crippen molar-refractivity contribution in [2.75, 3.05) is 32.2 Å². The number of rotatable bonds is 9. The maximum atomic E-state index is 13.2. The van der Waals surface area contributed by atoms with Crippen molar-refractivity contribution in [2.24, 2.45) is 0 Å². The van der Waals surface area contributed by atoms with Crippen LogP contribution in [0.5, 0.6) is 17.5 Å². The van der Waals surface area contributed by atoms with Gasteiger partial charge >= 0.3 is 0 Å². The minimum absolute atomic E-state index is 0.0547. The molecule has 0 saturated heterocycles. The second-order valence-electron chi connectivity index (χ2n) is 6.63. The van der Waals surface area contributed by atoms with Crippen molar-refractivity contribution in [3.63, 3.8) is 0 Å². The quantitative estimate of drug-likeness (QED) is 0.348. The van der Waals surface area contributed by atoms with Crippen LogP contribution in [0.25, 0.3) is 22.2 Å². The largest absolute Gasteiger partial charge is 0.481 e. The second-order valence-corrected chi connectivity index (χ2v) is 8.68. The van der Waals surface area contributed by atoms with Crippen LogP contribution in [0.15, 0.2) is 41.8 Å². The average molecular weight is 509 g/mol. The first-order valence-electron chi connectivity index (χ1n) is 9.67. The van der Waals surface area contributed by atoms with E-state index < -0.39 is 16.7 Å². The molecule has 34 heavy (non-hydrogen) atoms. The number of H-pyrrole nitrogens is 1. The topological polar surface area (TPSA) is 141 Å². The van der Waals surface area contributed by atoms with Gasteiger partial charge in [0.05, 0.1) is 36.6 Å². The molecule has 0 aliphatic carbocycles. The fourth-order valence-electron chi connectivity index (χ4n) is 3.22. The summed E-state index contributed by atoms with van der Waals surface area (Å²) in [5, 5.41) is 0.729. The number of methoxy groups -OCH3 is 2. The molecule has 14 heteroatoms. The van der Waals surface area contributed by atoms with Crippen molar-refractivity contribution in [3.05, 3.63) is 41.9 Å². The van der Waals surface area contributed by atoms with Crippen molar-refractivity contribution in [3.8, 4) is 28.8 Å². The average Bonchev–Trinajstić information content (AvgIpc) is 3.28. The van der Waals surface area contributed by atoms with Gasteiger partial charge in [0, 0.05) is 29.5 Å². The molecule has 0 atom stereocenters. The minimum Gasteiger partial charge on any atom is -0.481 e. The second kappa shape index (κ2) is 9.65. The number of hydrogen-bond acceptors (Lipinski definition) is 9. The number of hydrogen-bond donors (Lipinski definition) is 2. The molecule has 0 aliphatic heterocycles. The van der Waals surface area contributed by atoms with Gasteiger partial charge < -0.3 is 19.2 Å². The number of anilines is 1. The lowest BCUT2D eigenvalue weighted by Crippen LogP contribution is -2.16. The Labute approximate surface area is 198 Å². The van der Waals surface area contributed by atoms with Crippen molar-refractivity contribution in [2.45, 2.75) is 4.90 Å². The van der Waals surface area contributed by atoms with E-state index in [0.717, 1.165) is 0 Å². The van der Waals surface area contributed by atoms with E-state index in [0.29, 0.717) is 27.2 Å². The summed E-state index contributed by atoms with van der Waals surface area (Å²) in [5.41, 5.74) is 1.43. The van der Waals surface area contributed by atoms with Crippen LogP contribution in [-0.4, -0.2) is 60.8 Å². The van der Waals surface area contributed by atoms with Crippen LogP contribution >= 0.6 is 11.6 Å². The first-order valence-corrected chi connectivity index (χ1v) is 11.5. The molecule has 178 valence electrons. The van der Waals surface area contributed by atoms with Crippen LogP contribution in [0, 0.1) is 0 Å². The summed E-state index contributed by atoms with van der Waals surface area (Å²) >= 11 is 6.37. The summed E-state index contributed by atoms with van der Waals surface area (Å²) in [6.07, 6.45) is 5.86. The molecule has 0 bridgehead atoms. The number of aromatic nitrogens is 5. The first kappa shape index (κ1) is 23.4. The Hall–Kier alpha value is -3.71. The molecular formula is C20H18ClFN6O5S. The number of alkyl halides is 1. The SMILES string of the molecule is COc1nc(NS(=O)(=O)c2c[nH]c3c(-c4cnccn4)c(Cl)ccc23)nc(OC)c1OCCF. The lowest BCUT2D eigenvalue weighted by atomic mass is 10.1. The molecule has 0 aliphatic rings. The molecule has 2 N–H and O–H groups in total. The molecule has 0 spiro atoms. The lowest BCUT2D eigenvalue weighted by molar-refractivity contribution is 0.240. The van der Waals surface area contributed by atoms with E-state index in [1.165, 1.54) is 39.0 Å². The van der Waals surface area contributed by atoms with Crippen LogP contribution in [0.3, 0.4) is 0 Å². The smallest absolute Gasteiger partial charge is 0.266 e. The zero-order chi connectivity index (χ0) is 24.3. The molecule has 4 aromatic rings. The number of ether oxygens (including phenoxy) is 3. The number of sulfonamides is 1. The standard InChI is InChI=1S/C20H18ClFN6O5S/c1-31-18-17(33-8-5-22)19(32-2)27-20(26-18)28-34(29,30)14-10-25-16-11(14)3-4-12(21)15(16)13-9-23-6-7-24-13/h3-4,6-7,9-10,25H,5,8H2,1-2H3,(H,26,27,28). The van der Waals surface area contributed by atoms with Gasteiger partial charge in [-0.3, -0.25) is 9.97 Å².